The predicted molar refractivity (Wildman–Crippen MR) is 126 cm³/mol. The van der Waals surface area contributed by atoms with Crippen LogP contribution in [0.3, 0.4) is 0 Å². The molecule has 5 nitrogen and oxygen atoms in total. The third-order valence-electron chi connectivity index (χ3n) is 6.66. The minimum Gasteiger partial charge on any atom is -0.353 e. The van der Waals surface area contributed by atoms with E-state index < -0.39 is 0 Å². The van der Waals surface area contributed by atoms with E-state index in [1.165, 1.54) is 36.1 Å². The highest BCUT2D eigenvalue weighted by atomic mass is 16.2. The van der Waals surface area contributed by atoms with E-state index in [0.717, 1.165) is 51.5 Å². The average molecular weight is 421 g/mol. The van der Waals surface area contributed by atoms with Crippen molar-refractivity contribution >= 4 is 11.7 Å². The van der Waals surface area contributed by atoms with E-state index in [4.69, 9.17) is 0 Å². The fraction of sp³-hybridized carbons (Fsp3) is 0.538. The Morgan fingerprint density at radius 2 is 1.81 bits per heavy atom. The second kappa shape index (κ2) is 10.3. The third kappa shape index (κ3) is 6.07. The Balaban J connectivity index is 1.21. The first-order valence-electron chi connectivity index (χ1n) is 11.8. The first-order valence-corrected chi connectivity index (χ1v) is 11.8. The molecule has 0 bridgehead atoms. The molecule has 0 saturated carbocycles. The van der Waals surface area contributed by atoms with Crippen molar-refractivity contribution in [2.24, 2.45) is 5.92 Å². The van der Waals surface area contributed by atoms with Gasteiger partial charge in [0.2, 0.25) is 5.91 Å². The molecule has 166 valence electrons. The quantitative estimate of drug-likeness (QED) is 0.707. The van der Waals surface area contributed by atoms with Crippen LogP contribution in [0.4, 0.5) is 5.82 Å². The zero-order valence-corrected chi connectivity index (χ0v) is 19.1. The summed E-state index contributed by atoms with van der Waals surface area (Å²) >= 11 is 0. The lowest BCUT2D eigenvalue weighted by atomic mass is 9.92. The molecule has 1 aromatic heterocycles. The van der Waals surface area contributed by atoms with Crippen molar-refractivity contribution in [3.63, 3.8) is 0 Å². The minimum absolute atomic E-state index is 0.326. The van der Waals surface area contributed by atoms with Crippen LogP contribution in [-0.4, -0.2) is 60.0 Å². The van der Waals surface area contributed by atoms with E-state index in [2.05, 4.69) is 51.7 Å². The van der Waals surface area contributed by atoms with Gasteiger partial charge in [-0.15, -0.1) is 0 Å². The van der Waals surface area contributed by atoms with E-state index in [1.807, 2.05) is 24.4 Å². The van der Waals surface area contributed by atoms with Crippen LogP contribution in [0.5, 0.6) is 0 Å². The van der Waals surface area contributed by atoms with Gasteiger partial charge in [-0.1, -0.05) is 35.4 Å². The molecule has 2 aliphatic rings. The lowest BCUT2D eigenvalue weighted by molar-refractivity contribution is -0.131. The summed E-state index contributed by atoms with van der Waals surface area (Å²) in [6, 6.07) is 12.9. The Morgan fingerprint density at radius 1 is 1.03 bits per heavy atom. The molecule has 4 rings (SSSR count). The minimum atomic E-state index is 0.326. The maximum Gasteiger partial charge on any atom is 0.222 e. The molecule has 1 amide bonds. The van der Waals surface area contributed by atoms with Crippen LogP contribution in [0.15, 0.2) is 42.6 Å². The molecule has 31 heavy (non-hydrogen) atoms. The number of benzene rings is 1. The number of carbonyl (C=O) groups excluding carboxylic acids is 1. The molecular weight excluding hydrogens is 384 g/mol. The van der Waals surface area contributed by atoms with Crippen LogP contribution < -0.4 is 4.90 Å². The molecule has 2 saturated heterocycles. The summed E-state index contributed by atoms with van der Waals surface area (Å²) in [5.41, 5.74) is 4.11. The number of carbonyl (C=O) groups is 1. The second-order valence-electron chi connectivity index (χ2n) is 9.33. The fourth-order valence-electron chi connectivity index (χ4n) is 5.16. The standard InChI is InChI=1S/C26H36N4O/c1-21-16-22(2)18-24(17-21)20-28-11-5-6-23(19-28)8-9-26(31)30-14-12-29(13-15-30)25-7-3-4-10-27-25/h3-4,7,10,16-18,23H,5-6,8-9,11-15,19-20H2,1-2H3/t23-/m1/s1. The molecule has 2 fully saturated rings. The van der Waals surface area contributed by atoms with Crippen molar-refractivity contribution in [2.75, 3.05) is 44.2 Å². The molecule has 0 N–H and O–H groups in total. The Labute approximate surface area is 187 Å². The zero-order valence-electron chi connectivity index (χ0n) is 19.1. The summed E-state index contributed by atoms with van der Waals surface area (Å²) in [6.07, 6.45) is 6.03. The van der Waals surface area contributed by atoms with Crippen LogP contribution in [0.2, 0.25) is 0 Å². The molecule has 5 heteroatoms. The molecule has 1 aromatic carbocycles. The van der Waals surface area contributed by atoms with E-state index in [-0.39, 0.29) is 0 Å². The molecule has 0 aliphatic carbocycles. The highest BCUT2D eigenvalue weighted by Gasteiger charge is 2.24. The summed E-state index contributed by atoms with van der Waals surface area (Å²) in [7, 11) is 0. The van der Waals surface area contributed by atoms with Crippen LogP contribution in [0.1, 0.15) is 42.4 Å². The van der Waals surface area contributed by atoms with E-state index in [9.17, 15) is 4.79 Å². The van der Waals surface area contributed by atoms with Crippen LogP contribution in [0, 0.1) is 19.8 Å². The molecule has 1 atom stereocenters. The number of piperazine rings is 1. The number of piperidine rings is 1. The molecule has 0 spiro atoms. The second-order valence-corrected chi connectivity index (χ2v) is 9.33. The number of hydrogen-bond donors (Lipinski definition) is 0. The summed E-state index contributed by atoms with van der Waals surface area (Å²) in [4.78, 5) is 24.2. The van der Waals surface area contributed by atoms with Crippen molar-refractivity contribution in [1.29, 1.82) is 0 Å². The summed E-state index contributed by atoms with van der Waals surface area (Å²) in [6.45, 7) is 11.0. The average Bonchev–Trinajstić information content (AvgIpc) is 2.78. The molecule has 2 aromatic rings. The Hall–Kier alpha value is -2.40. The lowest BCUT2D eigenvalue weighted by Crippen LogP contribution is -2.49. The van der Waals surface area contributed by atoms with Crippen LogP contribution >= 0.6 is 0 Å². The zero-order chi connectivity index (χ0) is 21.6. The number of amides is 1. The van der Waals surface area contributed by atoms with Gasteiger partial charge >= 0.3 is 0 Å². The molecule has 0 radical (unpaired) electrons. The highest BCUT2D eigenvalue weighted by Crippen LogP contribution is 2.24. The number of hydrogen-bond acceptors (Lipinski definition) is 4. The van der Waals surface area contributed by atoms with Gasteiger partial charge in [0.25, 0.3) is 0 Å². The number of likely N-dealkylation sites (tertiary alicyclic amines) is 1. The number of aryl methyl sites for hydroxylation is 2. The van der Waals surface area contributed by atoms with Crippen molar-refractivity contribution < 1.29 is 4.79 Å². The van der Waals surface area contributed by atoms with Gasteiger partial charge in [0.05, 0.1) is 0 Å². The maximum absolute atomic E-state index is 12.8. The maximum atomic E-state index is 12.8. The van der Waals surface area contributed by atoms with Crippen LogP contribution in [-0.2, 0) is 11.3 Å². The van der Waals surface area contributed by atoms with Gasteiger partial charge in [0.15, 0.2) is 0 Å². The monoisotopic (exact) mass is 420 g/mol. The topological polar surface area (TPSA) is 39.7 Å². The molecule has 2 aliphatic heterocycles. The van der Waals surface area contributed by atoms with Crippen molar-refractivity contribution in [2.45, 2.75) is 46.1 Å². The van der Waals surface area contributed by atoms with Crippen LogP contribution in [0.25, 0.3) is 0 Å². The molecule has 0 unspecified atom stereocenters. The third-order valence-corrected chi connectivity index (χ3v) is 6.66. The summed E-state index contributed by atoms with van der Waals surface area (Å²) in [5.74, 6) is 1.98. The van der Waals surface area contributed by atoms with Gasteiger partial charge in [0.1, 0.15) is 5.82 Å². The normalized spacial score (nSPS) is 20.1. The van der Waals surface area contributed by atoms with E-state index in [1.54, 1.807) is 0 Å². The van der Waals surface area contributed by atoms with Crippen molar-refractivity contribution in [3.8, 4) is 0 Å². The van der Waals surface area contributed by atoms with Gasteiger partial charge in [-0.25, -0.2) is 4.98 Å². The first kappa shape index (κ1) is 21.8. The van der Waals surface area contributed by atoms with Crippen molar-refractivity contribution in [3.05, 3.63) is 59.3 Å². The van der Waals surface area contributed by atoms with E-state index >= 15 is 0 Å². The summed E-state index contributed by atoms with van der Waals surface area (Å²) < 4.78 is 0. The van der Waals surface area contributed by atoms with Crippen molar-refractivity contribution in [1.82, 2.24) is 14.8 Å². The van der Waals surface area contributed by atoms with Gasteiger partial charge < -0.3 is 9.80 Å². The Kier molecular flexibility index (Phi) is 7.23. The summed E-state index contributed by atoms with van der Waals surface area (Å²) in [5, 5.41) is 0. The van der Waals surface area contributed by atoms with Gasteiger partial charge in [-0.2, -0.15) is 0 Å². The lowest BCUT2D eigenvalue weighted by Gasteiger charge is -2.36. The fourth-order valence-corrected chi connectivity index (χ4v) is 5.16. The predicted octanol–water partition coefficient (Wildman–Crippen LogP) is 4.04. The Morgan fingerprint density at radius 3 is 2.52 bits per heavy atom. The largest absolute Gasteiger partial charge is 0.353 e. The smallest absolute Gasteiger partial charge is 0.222 e. The van der Waals surface area contributed by atoms with Gasteiger partial charge in [-0.05, 0) is 63.3 Å². The van der Waals surface area contributed by atoms with Gasteiger partial charge in [0, 0.05) is 51.9 Å². The number of aromatic nitrogens is 1. The Bertz CT molecular complexity index is 841. The number of anilines is 1. The molecular formula is C26H36N4O. The van der Waals surface area contributed by atoms with Gasteiger partial charge in [-0.3, -0.25) is 9.69 Å². The number of pyridine rings is 1. The molecule has 3 heterocycles. The number of nitrogens with zero attached hydrogens (tertiary/aromatic N) is 4. The first-order chi connectivity index (χ1) is 15.1. The number of rotatable bonds is 6. The highest BCUT2D eigenvalue weighted by molar-refractivity contribution is 5.76. The SMILES string of the molecule is Cc1cc(C)cc(CN2CCC[C@H](CCC(=O)N3CCN(c4ccccn4)CC3)C2)c1. The van der Waals surface area contributed by atoms with E-state index in [0.29, 0.717) is 18.2 Å².